The third-order valence-corrected chi connectivity index (χ3v) is 4.36. The predicted octanol–water partition coefficient (Wildman–Crippen LogP) is 2.68. The zero-order valence-electron chi connectivity index (χ0n) is 10.9. The molecule has 2 saturated heterocycles. The van der Waals surface area contributed by atoms with Crippen LogP contribution >= 0.6 is 11.6 Å². The number of rotatable bonds is 2. The quantitative estimate of drug-likeness (QED) is 0.907. The average molecular weight is 283 g/mol. The number of piperidine rings is 1. The standard InChI is InChI=1S/C14H19ClN2O2/c15-13-7-6-12(19-13)14(18)17-9-2-1-5-11(17)10-4-3-8-16-10/h6-7,10-11,16H,1-5,8-9H2. The molecule has 2 fully saturated rings. The van der Waals surface area contributed by atoms with Crippen LogP contribution in [0.25, 0.3) is 0 Å². The third kappa shape index (κ3) is 2.65. The van der Waals surface area contributed by atoms with Gasteiger partial charge in [-0.15, -0.1) is 0 Å². The van der Waals surface area contributed by atoms with E-state index in [1.54, 1.807) is 12.1 Å². The Morgan fingerprint density at radius 1 is 1.32 bits per heavy atom. The number of carbonyl (C=O) groups excluding carboxylic acids is 1. The van der Waals surface area contributed by atoms with Crippen LogP contribution in [0, 0.1) is 0 Å². The lowest BCUT2D eigenvalue weighted by atomic mass is 9.94. The highest BCUT2D eigenvalue weighted by Crippen LogP contribution is 2.26. The molecule has 1 amide bonds. The summed E-state index contributed by atoms with van der Waals surface area (Å²) in [5.74, 6) is 0.334. The lowest BCUT2D eigenvalue weighted by molar-refractivity contribution is 0.0532. The minimum Gasteiger partial charge on any atom is -0.440 e. The second-order valence-electron chi connectivity index (χ2n) is 5.37. The van der Waals surface area contributed by atoms with E-state index in [9.17, 15) is 4.79 Å². The fourth-order valence-corrected chi connectivity index (χ4v) is 3.38. The molecule has 1 N–H and O–H groups in total. The van der Waals surface area contributed by atoms with E-state index >= 15 is 0 Å². The van der Waals surface area contributed by atoms with Gasteiger partial charge < -0.3 is 14.6 Å². The Balaban J connectivity index is 1.77. The first-order valence-electron chi connectivity index (χ1n) is 7.05. The molecule has 2 atom stereocenters. The Bertz CT molecular complexity index is 454. The largest absolute Gasteiger partial charge is 0.440 e. The summed E-state index contributed by atoms with van der Waals surface area (Å²) in [5.41, 5.74) is 0. The molecule has 0 spiro atoms. The van der Waals surface area contributed by atoms with Crippen LogP contribution in [0.2, 0.25) is 5.22 Å². The molecule has 19 heavy (non-hydrogen) atoms. The van der Waals surface area contributed by atoms with Crippen LogP contribution in [0.15, 0.2) is 16.5 Å². The van der Waals surface area contributed by atoms with Gasteiger partial charge >= 0.3 is 0 Å². The lowest BCUT2D eigenvalue weighted by Crippen LogP contribution is -2.52. The van der Waals surface area contributed by atoms with Crippen LogP contribution in [0.5, 0.6) is 0 Å². The van der Waals surface area contributed by atoms with Gasteiger partial charge in [0, 0.05) is 18.6 Å². The monoisotopic (exact) mass is 282 g/mol. The van der Waals surface area contributed by atoms with Crippen molar-refractivity contribution in [1.29, 1.82) is 0 Å². The number of hydrogen-bond acceptors (Lipinski definition) is 3. The molecule has 1 aromatic heterocycles. The summed E-state index contributed by atoms with van der Waals surface area (Å²) in [7, 11) is 0. The van der Waals surface area contributed by atoms with Gasteiger partial charge in [-0.1, -0.05) is 0 Å². The van der Waals surface area contributed by atoms with Gasteiger partial charge in [0.15, 0.2) is 11.0 Å². The third-order valence-electron chi connectivity index (χ3n) is 4.16. The highest BCUT2D eigenvalue weighted by atomic mass is 35.5. The Kier molecular flexibility index (Phi) is 3.80. The summed E-state index contributed by atoms with van der Waals surface area (Å²) < 4.78 is 5.26. The summed E-state index contributed by atoms with van der Waals surface area (Å²) in [6.07, 6.45) is 5.72. The topological polar surface area (TPSA) is 45.5 Å². The first kappa shape index (κ1) is 13.0. The van der Waals surface area contributed by atoms with Gasteiger partial charge in [-0.25, -0.2) is 0 Å². The maximum atomic E-state index is 12.5. The fourth-order valence-electron chi connectivity index (χ4n) is 3.24. The number of likely N-dealkylation sites (tertiary alicyclic amines) is 1. The van der Waals surface area contributed by atoms with Crippen LogP contribution in [0.1, 0.15) is 42.7 Å². The molecule has 3 heterocycles. The van der Waals surface area contributed by atoms with E-state index in [0.29, 0.717) is 17.8 Å². The number of nitrogens with one attached hydrogen (secondary N) is 1. The average Bonchev–Trinajstić information content (AvgIpc) is 3.09. The highest BCUT2D eigenvalue weighted by molar-refractivity contribution is 6.29. The summed E-state index contributed by atoms with van der Waals surface area (Å²) in [6.45, 7) is 1.88. The number of hydrogen-bond donors (Lipinski definition) is 1. The van der Waals surface area contributed by atoms with Crippen LogP contribution in [0.3, 0.4) is 0 Å². The molecule has 0 radical (unpaired) electrons. The number of nitrogens with zero attached hydrogens (tertiary/aromatic N) is 1. The number of amides is 1. The molecule has 2 unspecified atom stereocenters. The maximum absolute atomic E-state index is 12.5. The molecule has 0 aliphatic carbocycles. The summed E-state index contributed by atoms with van der Waals surface area (Å²) in [6, 6.07) is 4.03. The van der Waals surface area contributed by atoms with Crippen LogP contribution in [0.4, 0.5) is 0 Å². The minimum absolute atomic E-state index is 0.0229. The van der Waals surface area contributed by atoms with Crippen LogP contribution < -0.4 is 5.32 Å². The van der Waals surface area contributed by atoms with Crippen molar-refractivity contribution in [3.63, 3.8) is 0 Å². The molecule has 2 aliphatic rings. The second kappa shape index (κ2) is 5.55. The second-order valence-corrected chi connectivity index (χ2v) is 5.74. The van der Waals surface area contributed by atoms with Crippen molar-refractivity contribution in [2.24, 2.45) is 0 Å². The first-order chi connectivity index (χ1) is 9.25. The number of carbonyl (C=O) groups is 1. The van der Waals surface area contributed by atoms with Gasteiger partial charge in [0.25, 0.3) is 5.91 Å². The Morgan fingerprint density at radius 2 is 2.21 bits per heavy atom. The molecule has 104 valence electrons. The SMILES string of the molecule is O=C(c1ccc(Cl)o1)N1CCCCC1C1CCCN1. The zero-order valence-corrected chi connectivity index (χ0v) is 11.7. The molecule has 5 heteroatoms. The summed E-state index contributed by atoms with van der Waals surface area (Å²) in [5, 5.41) is 3.79. The lowest BCUT2D eigenvalue weighted by Gasteiger charge is -2.38. The van der Waals surface area contributed by atoms with Gasteiger partial charge in [0.2, 0.25) is 0 Å². The van der Waals surface area contributed by atoms with Crippen molar-refractivity contribution in [3.05, 3.63) is 23.1 Å². The van der Waals surface area contributed by atoms with E-state index in [2.05, 4.69) is 5.32 Å². The van der Waals surface area contributed by atoms with E-state index in [1.807, 2.05) is 4.90 Å². The maximum Gasteiger partial charge on any atom is 0.289 e. The van der Waals surface area contributed by atoms with Crippen molar-refractivity contribution in [2.45, 2.75) is 44.2 Å². The predicted molar refractivity (Wildman–Crippen MR) is 73.4 cm³/mol. The van der Waals surface area contributed by atoms with Gasteiger partial charge in [-0.2, -0.15) is 0 Å². The highest BCUT2D eigenvalue weighted by Gasteiger charge is 2.35. The normalized spacial score (nSPS) is 27.7. The Hall–Kier alpha value is -1.00. The smallest absolute Gasteiger partial charge is 0.289 e. The van der Waals surface area contributed by atoms with Crippen molar-refractivity contribution < 1.29 is 9.21 Å². The van der Waals surface area contributed by atoms with E-state index in [4.69, 9.17) is 16.0 Å². The van der Waals surface area contributed by atoms with Gasteiger partial charge in [0.1, 0.15) is 0 Å². The zero-order chi connectivity index (χ0) is 13.2. The molecule has 0 saturated carbocycles. The van der Waals surface area contributed by atoms with E-state index < -0.39 is 0 Å². The van der Waals surface area contributed by atoms with Gasteiger partial charge in [0.05, 0.1) is 0 Å². The van der Waals surface area contributed by atoms with Crippen LogP contribution in [-0.2, 0) is 0 Å². The molecule has 0 bridgehead atoms. The van der Waals surface area contributed by atoms with Crippen molar-refractivity contribution >= 4 is 17.5 Å². The molecule has 1 aromatic rings. The Labute approximate surface area is 118 Å². The van der Waals surface area contributed by atoms with E-state index in [1.165, 1.54) is 12.8 Å². The minimum atomic E-state index is -0.0229. The van der Waals surface area contributed by atoms with E-state index in [0.717, 1.165) is 32.4 Å². The van der Waals surface area contributed by atoms with Crippen molar-refractivity contribution in [2.75, 3.05) is 13.1 Å². The molecule has 4 nitrogen and oxygen atoms in total. The van der Waals surface area contributed by atoms with E-state index in [-0.39, 0.29) is 11.1 Å². The number of furan rings is 1. The molecular formula is C14H19ClN2O2. The summed E-state index contributed by atoms with van der Waals surface area (Å²) >= 11 is 5.76. The fraction of sp³-hybridized carbons (Fsp3) is 0.643. The number of halogens is 1. The van der Waals surface area contributed by atoms with Gasteiger partial charge in [-0.05, 0) is 62.4 Å². The molecule has 3 rings (SSSR count). The van der Waals surface area contributed by atoms with Crippen LogP contribution in [-0.4, -0.2) is 36.0 Å². The molecule has 0 aromatic carbocycles. The van der Waals surface area contributed by atoms with Crippen molar-refractivity contribution in [1.82, 2.24) is 10.2 Å². The summed E-state index contributed by atoms with van der Waals surface area (Å²) in [4.78, 5) is 14.5. The first-order valence-corrected chi connectivity index (χ1v) is 7.43. The van der Waals surface area contributed by atoms with Crippen molar-refractivity contribution in [3.8, 4) is 0 Å². The Morgan fingerprint density at radius 3 is 2.89 bits per heavy atom. The molecule has 2 aliphatic heterocycles. The molecular weight excluding hydrogens is 264 g/mol. The van der Waals surface area contributed by atoms with Gasteiger partial charge in [-0.3, -0.25) is 4.79 Å².